The Hall–Kier alpha value is -1.92. The molecule has 6 nitrogen and oxygen atoms in total. The summed E-state index contributed by atoms with van der Waals surface area (Å²) in [5, 5.41) is 11.5. The van der Waals surface area contributed by atoms with Gasteiger partial charge in [-0.1, -0.05) is 148 Å². The summed E-state index contributed by atoms with van der Waals surface area (Å²) < 4.78 is 17.5. The van der Waals surface area contributed by atoms with Crippen molar-refractivity contribution in [3.8, 4) is 0 Å². The molecule has 0 aliphatic carbocycles. The summed E-state index contributed by atoms with van der Waals surface area (Å²) in [6.45, 7) is 6.88. The van der Waals surface area contributed by atoms with Gasteiger partial charge in [0.15, 0.2) is 0 Å². The second-order valence-corrected chi connectivity index (χ2v) is 11.1. The zero-order valence-electron chi connectivity index (χ0n) is 25.8. The molecule has 230 valence electrons. The summed E-state index contributed by atoms with van der Waals surface area (Å²) in [4.78, 5) is 24.4. The Kier molecular flexibility index (Phi) is 21.4. The minimum Gasteiger partial charge on any atom is -0.545 e. The van der Waals surface area contributed by atoms with Gasteiger partial charge in [0.2, 0.25) is 0 Å². The Morgan fingerprint density at radius 3 is 1.32 bits per heavy atom. The molecule has 0 aliphatic rings. The smallest absolute Gasteiger partial charge is 0.343 e. The highest BCUT2D eigenvalue weighted by atomic mass is 16.9. The summed E-state index contributed by atoms with van der Waals surface area (Å²) >= 11 is 0. The van der Waals surface area contributed by atoms with E-state index in [9.17, 15) is 14.7 Å². The number of unbranched alkanes of at least 4 members (excludes halogenated alkanes) is 18. The molecule has 1 rings (SSSR count). The SMILES string of the molecule is CCCCCCCCCCCCOC(C)(OCCCCCCCCCCCC)OC(=O)c1ccccc1C(=O)[O-]. The average molecular weight is 562 g/mol. The number of hydrogen-bond acceptors (Lipinski definition) is 6. The standard InChI is InChI=1S/C34H58O6/c1-4-6-8-10-12-14-16-18-20-24-28-38-34(3,39-29-25-21-19-17-15-13-11-9-7-5-2)40-33(37)31-27-23-22-26-30(31)32(35)36/h22-23,26-27H,4-21,24-25,28-29H2,1-3H3,(H,35,36)/p-1. The number of carbonyl (C=O) groups excluding carboxylic acids is 2. The van der Waals surface area contributed by atoms with Gasteiger partial charge in [-0.3, -0.25) is 0 Å². The number of benzene rings is 1. The molecular formula is C34H57O6-. The topological polar surface area (TPSA) is 84.9 Å². The molecule has 0 amide bonds. The predicted octanol–water partition coefficient (Wildman–Crippen LogP) is 8.76. The van der Waals surface area contributed by atoms with E-state index in [1.54, 1.807) is 19.1 Å². The summed E-state index contributed by atoms with van der Waals surface area (Å²) in [6, 6.07) is 5.89. The summed E-state index contributed by atoms with van der Waals surface area (Å²) in [6.07, 6.45) is 24.3. The second-order valence-electron chi connectivity index (χ2n) is 11.1. The maximum Gasteiger partial charge on any atom is 0.343 e. The predicted molar refractivity (Wildman–Crippen MR) is 160 cm³/mol. The third kappa shape index (κ3) is 17.7. The normalized spacial score (nSPS) is 11.6. The molecule has 0 atom stereocenters. The molecule has 40 heavy (non-hydrogen) atoms. The lowest BCUT2D eigenvalue weighted by Crippen LogP contribution is -2.39. The van der Waals surface area contributed by atoms with Gasteiger partial charge in [-0.25, -0.2) is 4.79 Å². The molecule has 0 saturated heterocycles. The van der Waals surface area contributed by atoms with Crippen LogP contribution in [0, 0.1) is 0 Å². The highest BCUT2D eigenvalue weighted by Gasteiger charge is 2.32. The second kappa shape index (κ2) is 23.8. The van der Waals surface area contributed by atoms with Gasteiger partial charge in [0.25, 0.3) is 0 Å². The van der Waals surface area contributed by atoms with Gasteiger partial charge in [0.1, 0.15) is 0 Å². The molecule has 0 spiro atoms. The first-order valence-corrected chi connectivity index (χ1v) is 16.2. The van der Waals surface area contributed by atoms with E-state index < -0.39 is 17.9 Å². The number of ether oxygens (including phenoxy) is 3. The van der Waals surface area contributed by atoms with Crippen molar-refractivity contribution in [1.82, 2.24) is 0 Å². The van der Waals surface area contributed by atoms with Crippen molar-refractivity contribution in [1.29, 1.82) is 0 Å². The first-order valence-electron chi connectivity index (χ1n) is 16.2. The van der Waals surface area contributed by atoms with Crippen molar-refractivity contribution in [3.63, 3.8) is 0 Å². The maximum absolute atomic E-state index is 12.9. The van der Waals surface area contributed by atoms with Gasteiger partial charge in [-0.15, -0.1) is 0 Å². The molecule has 0 fully saturated rings. The largest absolute Gasteiger partial charge is 0.545 e. The van der Waals surface area contributed by atoms with E-state index in [-0.39, 0.29) is 11.1 Å². The third-order valence-corrected chi connectivity index (χ3v) is 7.37. The quantitative estimate of drug-likeness (QED) is 0.0606. The van der Waals surface area contributed by atoms with Crippen LogP contribution >= 0.6 is 0 Å². The van der Waals surface area contributed by atoms with Crippen LogP contribution in [0.1, 0.15) is 170 Å². The van der Waals surface area contributed by atoms with Crippen LogP contribution in [0.3, 0.4) is 0 Å². The van der Waals surface area contributed by atoms with Crippen LogP contribution in [0.2, 0.25) is 0 Å². The van der Waals surface area contributed by atoms with Gasteiger partial charge in [0.05, 0.1) is 24.7 Å². The van der Waals surface area contributed by atoms with E-state index >= 15 is 0 Å². The number of esters is 1. The molecule has 6 heteroatoms. The van der Waals surface area contributed by atoms with Crippen LogP contribution in [0.4, 0.5) is 0 Å². The van der Waals surface area contributed by atoms with Crippen LogP contribution in [-0.4, -0.2) is 31.1 Å². The Morgan fingerprint density at radius 1 is 0.600 bits per heavy atom. The van der Waals surface area contributed by atoms with Crippen molar-refractivity contribution in [2.75, 3.05) is 13.2 Å². The fraction of sp³-hybridized carbons (Fsp3) is 0.765. The lowest BCUT2D eigenvalue weighted by molar-refractivity contribution is -0.345. The van der Waals surface area contributed by atoms with E-state index in [2.05, 4.69) is 13.8 Å². The van der Waals surface area contributed by atoms with Gasteiger partial charge in [-0.2, -0.15) is 0 Å². The fourth-order valence-corrected chi connectivity index (χ4v) is 4.86. The number of rotatable bonds is 27. The third-order valence-electron chi connectivity index (χ3n) is 7.37. The van der Waals surface area contributed by atoms with Crippen LogP contribution in [0.15, 0.2) is 24.3 Å². The molecule has 1 aromatic carbocycles. The molecule has 0 N–H and O–H groups in total. The van der Waals surface area contributed by atoms with Crippen LogP contribution < -0.4 is 5.11 Å². The summed E-state index contributed by atoms with van der Waals surface area (Å²) in [5.41, 5.74) is -0.280. The Labute approximate surface area is 244 Å². The number of carbonyl (C=O) groups is 2. The molecule has 0 saturated carbocycles. The minimum atomic E-state index is -1.57. The molecule has 0 radical (unpaired) electrons. The first kappa shape index (κ1) is 36.1. The van der Waals surface area contributed by atoms with Crippen LogP contribution in [0.5, 0.6) is 0 Å². The number of hydrogen-bond donors (Lipinski definition) is 0. The summed E-state index contributed by atoms with van der Waals surface area (Å²) in [7, 11) is 0. The van der Waals surface area contributed by atoms with Crippen molar-refractivity contribution >= 4 is 11.9 Å². The van der Waals surface area contributed by atoms with Crippen molar-refractivity contribution in [2.24, 2.45) is 0 Å². The molecular weight excluding hydrogens is 504 g/mol. The highest BCUT2D eigenvalue weighted by molar-refractivity contribution is 6.01. The zero-order chi connectivity index (χ0) is 29.3. The van der Waals surface area contributed by atoms with E-state index in [0.717, 1.165) is 38.5 Å². The van der Waals surface area contributed by atoms with E-state index in [4.69, 9.17) is 14.2 Å². The first-order chi connectivity index (χ1) is 19.4. The highest BCUT2D eigenvalue weighted by Crippen LogP contribution is 2.21. The monoisotopic (exact) mass is 561 g/mol. The minimum absolute atomic E-state index is 0.0706. The van der Waals surface area contributed by atoms with Gasteiger partial charge >= 0.3 is 11.9 Å². The Balaban J connectivity index is 2.46. The number of carboxylic acids is 1. The number of aromatic carboxylic acids is 1. The lowest BCUT2D eigenvalue weighted by atomic mass is 10.1. The summed E-state index contributed by atoms with van der Waals surface area (Å²) in [5.74, 6) is -3.80. The fourth-order valence-electron chi connectivity index (χ4n) is 4.86. The number of carboxylic acid groups (broad SMARTS) is 1. The maximum atomic E-state index is 12.9. The van der Waals surface area contributed by atoms with Gasteiger partial charge in [-0.05, 0) is 18.9 Å². The zero-order valence-corrected chi connectivity index (χ0v) is 25.8. The molecule has 0 unspecified atom stereocenters. The van der Waals surface area contributed by atoms with Gasteiger partial charge < -0.3 is 24.1 Å². The van der Waals surface area contributed by atoms with Crippen molar-refractivity contribution in [3.05, 3.63) is 35.4 Å². The van der Waals surface area contributed by atoms with Crippen molar-refractivity contribution in [2.45, 2.75) is 155 Å². The van der Waals surface area contributed by atoms with Crippen LogP contribution in [-0.2, 0) is 14.2 Å². The molecule has 0 bridgehead atoms. The van der Waals surface area contributed by atoms with Crippen molar-refractivity contribution < 1.29 is 28.9 Å². The average Bonchev–Trinajstić information content (AvgIpc) is 2.94. The molecule has 0 aliphatic heterocycles. The molecule has 1 aromatic rings. The van der Waals surface area contributed by atoms with E-state index in [1.165, 1.54) is 102 Å². The molecule has 0 aromatic heterocycles. The Bertz CT molecular complexity index is 751. The van der Waals surface area contributed by atoms with Gasteiger partial charge in [0, 0.05) is 12.5 Å². The lowest BCUT2D eigenvalue weighted by Gasteiger charge is -2.29. The van der Waals surface area contributed by atoms with E-state index in [1.807, 2.05) is 0 Å². The Morgan fingerprint density at radius 2 is 0.950 bits per heavy atom. The molecule has 0 heterocycles. The van der Waals surface area contributed by atoms with Crippen LogP contribution in [0.25, 0.3) is 0 Å². The van der Waals surface area contributed by atoms with E-state index in [0.29, 0.717) is 13.2 Å².